The number of amides is 4. The maximum absolute atomic E-state index is 13.6. The number of para-hydroxylation sites is 1. The minimum absolute atomic E-state index is 0.133. The molecule has 0 radical (unpaired) electrons. The fourth-order valence-corrected chi connectivity index (χ4v) is 4.79. The minimum atomic E-state index is -0.750. The van der Waals surface area contributed by atoms with Crippen LogP contribution in [0.4, 0.5) is 0 Å². The van der Waals surface area contributed by atoms with Gasteiger partial charge in [0.1, 0.15) is 31.5 Å². The number of rotatable bonds is 8. The quantitative estimate of drug-likeness (QED) is 0.520. The molecule has 0 unspecified atom stereocenters. The van der Waals surface area contributed by atoms with Gasteiger partial charge >= 0.3 is 0 Å². The summed E-state index contributed by atoms with van der Waals surface area (Å²) in [5, 5.41) is 0. The third-order valence-corrected chi connectivity index (χ3v) is 6.57. The van der Waals surface area contributed by atoms with Crippen molar-refractivity contribution >= 4 is 23.6 Å². The van der Waals surface area contributed by atoms with Crippen LogP contribution >= 0.6 is 0 Å². The van der Waals surface area contributed by atoms with E-state index in [1.54, 1.807) is 12.0 Å². The minimum Gasteiger partial charge on any atom is -0.496 e. The third-order valence-electron chi connectivity index (χ3n) is 6.57. The summed E-state index contributed by atoms with van der Waals surface area (Å²) in [6.45, 7) is 2.48. The SMILES string of the molecule is CCCN1CCN(C(=O)CN2C(=O)COCC2=O)[C@H](Cc2ccccc2-c2ccccc2OC)C1=O. The van der Waals surface area contributed by atoms with Gasteiger partial charge in [0.15, 0.2) is 0 Å². The van der Waals surface area contributed by atoms with Gasteiger partial charge in [-0.05, 0) is 23.6 Å². The van der Waals surface area contributed by atoms with E-state index in [1.807, 2.05) is 55.5 Å². The molecule has 0 saturated carbocycles. The summed E-state index contributed by atoms with van der Waals surface area (Å²) in [5.41, 5.74) is 2.71. The number of benzene rings is 2. The monoisotopic (exact) mass is 493 g/mol. The highest BCUT2D eigenvalue weighted by molar-refractivity contribution is 6.02. The van der Waals surface area contributed by atoms with Gasteiger partial charge in [-0.3, -0.25) is 24.1 Å². The highest BCUT2D eigenvalue weighted by Crippen LogP contribution is 2.33. The van der Waals surface area contributed by atoms with Crippen LogP contribution < -0.4 is 4.74 Å². The van der Waals surface area contributed by atoms with Gasteiger partial charge in [-0.15, -0.1) is 0 Å². The lowest BCUT2D eigenvalue weighted by atomic mass is 9.92. The smallest absolute Gasteiger partial charge is 0.255 e. The molecule has 2 heterocycles. The molecule has 0 spiro atoms. The summed E-state index contributed by atoms with van der Waals surface area (Å²) < 4.78 is 10.5. The Kier molecular flexibility index (Phi) is 8.00. The van der Waals surface area contributed by atoms with Crippen molar-refractivity contribution in [1.29, 1.82) is 0 Å². The van der Waals surface area contributed by atoms with Crippen LogP contribution in [0, 0.1) is 0 Å². The molecule has 1 atom stereocenters. The van der Waals surface area contributed by atoms with Gasteiger partial charge in [0.25, 0.3) is 11.8 Å². The van der Waals surface area contributed by atoms with Crippen LogP contribution in [-0.4, -0.2) is 90.9 Å². The zero-order chi connectivity index (χ0) is 25.7. The second-order valence-electron chi connectivity index (χ2n) is 8.86. The van der Waals surface area contributed by atoms with Crippen molar-refractivity contribution in [3.8, 4) is 16.9 Å². The van der Waals surface area contributed by atoms with Crippen molar-refractivity contribution in [2.45, 2.75) is 25.8 Å². The summed E-state index contributed by atoms with van der Waals surface area (Å²) in [7, 11) is 1.61. The Morgan fingerprint density at radius 3 is 2.33 bits per heavy atom. The Morgan fingerprint density at radius 1 is 0.972 bits per heavy atom. The van der Waals surface area contributed by atoms with Crippen LogP contribution in [0.15, 0.2) is 48.5 Å². The lowest BCUT2D eigenvalue weighted by molar-refractivity contribution is -0.163. The molecule has 0 aliphatic carbocycles. The summed E-state index contributed by atoms with van der Waals surface area (Å²) >= 11 is 0. The first-order chi connectivity index (χ1) is 17.4. The van der Waals surface area contributed by atoms with Gasteiger partial charge in [-0.25, -0.2) is 0 Å². The van der Waals surface area contributed by atoms with E-state index >= 15 is 0 Å². The van der Waals surface area contributed by atoms with Crippen LogP contribution in [0.2, 0.25) is 0 Å². The van der Waals surface area contributed by atoms with Crippen LogP contribution in [0.1, 0.15) is 18.9 Å². The fraction of sp³-hybridized carbons (Fsp3) is 0.407. The molecule has 4 amide bonds. The molecule has 4 rings (SSSR count). The second-order valence-corrected chi connectivity index (χ2v) is 8.86. The van der Waals surface area contributed by atoms with E-state index in [2.05, 4.69) is 0 Å². The van der Waals surface area contributed by atoms with E-state index in [-0.39, 0.29) is 19.1 Å². The molecule has 0 N–H and O–H groups in total. The Morgan fingerprint density at radius 2 is 1.64 bits per heavy atom. The van der Waals surface area contributed by atoms with Gasteiger partial charge in [-0.1, -0.05) is 49.4 Å². The Balaban J connectivity index is 1.65. The topological polar surface area (TPSA) is 96.5 Å². The number of hydrogen-bond donors (Lipinski definition) is 0. The van der Waals surface area contributed by atoms with E-state index in [0.29, 0.717) is 31.8 Å². The number of nitrogens with zero attached hydrogens (tertiary/aromatic N) is 3. The van der Waals surface area contributed by atoms with Crippen molar-refractivity contribution in [2.24, 2.45) is 0 Å². The molecule has 2 aliphatic rings. The van der Waals surface area contributed by atoms with Gasteiger partial charge in [0, 0.05) is 31.6 Å². The molecular weight excluding hydrogens is 462 g/mol. The van der Waals surface area contributed by atoms with E-state index in [0.717, 1.165) is 28.0 Å². The molecule has 2 fully saturated rings. The predicted molar refractivity (Wildman–Crippen MR) is 132 cm³/mol. The average Bonchev–Trinajstić information content (AvgIpc) is 2.89. The van der Waals surface area contributed by atoms with Gasteiger partial charge in [0.05, 0.1) is 7.11 Å². The molecule has 9 heteroatoms. The Hall–Kier alpha value is -3.72. The maximum atomic E-state index is 13.6. The number of piperazine rings is 1. The number of carbonyl (C=O) groups excluding carboxylic acids is 4. The first-order valence-corrected chi connectivity index (χ1v) is 12.1. The van der Waals surface area contributed by atoms with Crippen molar-refractivity contribution in [1.82, 2.24) is 14.7 Å². The zero-order valence-corrected chi connectivity index (χ0v) is 20.6. The van der Waals surface area contributed by atoms with Crippen molar-refractivity contribution in [3.05, 3.63) is 54.1 Å². The molecule has 2 aliphatic heterocycles. The molecule has 190 valence electrons. The molecule has 36 heavy (non-hydrogen) atoms. The zero-order valence-electron chi connectivity index (χ0n) is 20.6. The lowest BCUT2D eigenvalue weighted by Crippen LogP contribution is -2.61. The Labute approximate surface area is 210 Å². The van der Waals surface area contributed by atoms with Gasteiger partial charge < -0.3 is 19.3 Å². The lowest BCUT2D eigenvalue weighted by Gasteiger charge is -2.41. The first-order valence-electron chi connectivity index (χ1n) is 12.1. The van der Waals surface area contributed by atoms with E-state index < -0.39 is 30.3 Å². The molecular formula is C27H31N3O6. The van der Waals surface area contributed by atoms with E-state index in [1.165, 1.54) is 4.90 Å². The Bertz CT molecular complexity index is 1130. The van der Waals surface area contributed by atoms with Gasteiger partial charge in [-0.2, -0.15) is 0 Å². The summed E-state index contributed by atoms with van der Waals surface area (Å²) in [4.78, 5) is 55.5. The number of hydrogen-bond acceptors (Lipinski definition) is 6. The standard InChI is InChI=1S/C27H31N3O6/c1-3-12-28-13-14-29(24(31)16-30-25(32)17-36-18-26(30)33)22(27(28)34)15-19-8-4-5-9-20(19)21-10-6-7-11-23(21)35-2/h4-11,22H,3,12-18H2,1-2H3/t22-/m1/s1. The average molecular weight is 494 g/mol. The molecule has 9 nitrogen and oxygen atoms in total. The number of morpholine rings is 1. The van der Waals surface area contributed by atoms with Crippen molar-refractivity contribution < 1.29 is 28.7 Å². The van der Waals surface area contributed by atoms with Gasteiger partial charge in [0.2, 0.25) is 11.8 Å². The fourth-order valence-electron chi connectivity index (χ4n) is 4.79. The molecule has 2 aromatic carbocycles. The predicted octanol–water partition coefficient (Wildman–Crippen LogP) is 1.74. The molecule has 0 bridgehead atoms. The normalized spacial score (nSPS) is 18.6. The summed E-state index contributed by atoms with van der Waals surface area (Å²) in [6, 6.07) is 14.7. The number of methoxy groups -OCH3 is 1. The highest BCUT2D eigenvalue weighted by atomic mass is 16.5. The third kappa shape index (κ3) is 5.26. The largest absolute Gasteiger partial charge is 0.496 e. The number of carbonyl (C=O) groups is 4. The highest BCUT2D eigenvalue weighted by Gasteiger charge is 2.39. The number of imide groups is 1. The summed E-state index contributed by atoms with van der Waals surface area (Å²) in [6.07, 6.45) is 1.10. The molecule has 2 aromatic rings. The van der Waals surface area contributed by atoms with E-state index in [4.69, 9.17) is 9.47 Å². The molecule has 0 aromatic heterocycles. The maximum Gasteiger partial charge on any atom is 0.255 e. The van der Waals surface area contributed by atoms with Crippen LogP contribution in [0.3, 0.4) is 0 Å². The number of ether oxygens (including phenoxy) is 2. The second kappa shape index (κ2) is 11.3. The van der Waals surface area contributed by atoms with Crippen LogP contribution in [0.25, 0.3) is 11.1 Å². The van der Waals surface area contributed by atoms with E-state index in [9.17, 15) is 19.2 Å². The first kappa shape index (κ1) is 25.4. The van der Waals surface area contributed by atoms with Crippen LogP contribution in [-0.2, 0) is 30.3 Å². The van der Waals surface area contributed by atoms with Crippen molar-refractivity contribution in [2.75, 3.05) is 46.5 Å². The summed E-state index contributed by atoms with van der Waals surface area (Å²) in [5.74, 6) is -0.944. The van der Waals surface area contributed by atoms with Crippen LogP contribution in [0.5, 0.6) is 5.75 Å². The van der Waals surface area contributed by atoms with Crippen molar-refractivity contribution in [3.63, 3.8) is 0 Å². The molecule has 2 saturated heterocycles.